The minimum atomic E-state index is -0.266. The Hall–Kier alpha value is -2.18. The van der Waals surface area contributed by atoms with Gasteiger partial charge in [-0.3, -0.25) is 9.59 Å². The van der Waals surface area contributed by atoms with Crippen molar-refractivity contribution in [3.05, 3.63) is 58.3 Å². The molecule has 0 radical (unpaired) electrons. The van der Waals surface area contributed by atoms with Crippen LogP contribution in [0.1, 0.15) is 22.9 Å². The lowest BCUT2D eigenvalue weighted by atomic mass is 10.1. The van der Waals surface area contributed by atoms with Crippen molar-refractivity contribution in [1.82, 2.24) is 15.1 Å². The van der Waals surface area contributed by atoms with Crippen LogP contribution in [0.3, 0.4) is 0 Å². The van der Waals surface area contributed by atoms with E-state index in [1.807, 2.05) is 55.9 Å². The normalized spacial score (nSPS) is 18.3. The second-order valence-corrected chi connectivity index (χ2v) is 7.88. The van der Waals surface area contributed by atoms with Crippen LogP contribution >= 0.6 is 11.3 Å². The van der Waals surface area contributed by atoms with Crippen LogP contribution in [-0.4, -0.2) is 48.8 Å². The fraction of sp³-hybridized carbons (Fsp3) is 0.400. The number of hydrogen-bond donors (Lipinski definition) is 1. The van der Waals surface area contributed by atoms with Gasteiger partial charge in [0.1, 0.15) is 0 Å². The fourth-order valence-corrected chi connectivity index (χ4v) is 4.19. The molecule has 0 bridgehead atoms. The third-order valence-corrected chi connectivity index (χ3v) is 5.74. The Morgan fingerprint density at radius 1 is 1.27 bits per heavy atom. The molecule has 2 amide bonds. The SMILES string of the molecule is CN(C)C(CNC(=O)C1CC(=O)N(Cc2ccccc2)C1)c1cccs1. The minimum absolute atomic E-state index is 0.0303. The van der Waals surface area contributed by atoms with Crippen LogP contribution in [0.4, 0.5) is 0 Å². The summed E-state index contributed by atoms with van der Waals surface area (Å²) in [4.78, 5) is 30.0. The van der Waals surface area contributed by atoms with Crippen LogP contribution in [0.5, 0.6) is 0 Å². The molecule has 0 spiro atoms. The number of thiophene rings is 1. The maximum Gasteiger partial charge on any atom is 0.225 e. The van der Waals surface area contributed by atoms with Gasteiger partial charge in [0.25, 0.3) is 0 Å². The average molecular weight is 372 g/mol. The Bertz CT molecular complexity index is 731. The van der Waals surface area contributed by atoms with Crippen LogP contribution in [-0.2, 0) is 16.1 Å². The van der Waals surface area contributed by atoms with Gasteiger partial charge in [-0.15, -0.1) is 11.3 Å². The number of nitrogens with zero attached hydrogens (tertiary/aromatic N) is 2. The predicted molar refractivity (Wildman–Crippen MR) is 104 cm³/mol. The van der Waals surface area contributed by atoms with E-state index >= 15 is 0 Å². The summed E-state index contributed by atoms with van der Waals surface area (Å²) in [5, 5.41) is 5.09. The topological polar surface area (TPSA) is 52.7 Å². The van der Waals surface area contributed by atoms with E-state index in [1.165, 1.54) is 4.88 Å². The molecule has 2 aromatic rings. The highest BCUT2D eigenvalue weighted by molar-refractivity contribution is 7.10. The zero-order valence-corrected chi connectivity index (χ0v) is 16.0. The van der Waals surface area contributed by atoms with Crippen LogP contribution in [0.25, 0.3) is 0 Å². The molecule has 0 aliphatic carbocycles. The monoisotopic (exact) mass is 371 g/mol. The van der Waals surface area contributed by atoms with E-state index in [-0.39, 0.29) is 23.8 Å². The molecule has 2 heterocycles. The van der Waals surface area contributed by atoms with E-state index in [1.54, 1.807) is 16.2 Å². The van der Waals surface area contributed by atoms with Gasteiger partial charge >= 0.3 is 0 Å². The standard InChI is InChI=1S/C20H25N3O2S/c1-22(2)17(18-9-6-10-26-18)12-21-20(25)16-11-19(24)23(14-16)13-15-7-4-3-5-8-15/h3-10,16-17H,11-14H2,1-2H3,(H,21,25). The van der Waals surface area contributed by atoms with Gasteiger partial charge in [-0.25, -0.2) is 0 Å². The first-order chi connectivity index (χ1) is 12.5. The lowest BCUT2D eigenvalue weighted by Gasteiger charge is -2.24. The summed E-state index contributed by atoms with van der Waals surface area (Å²) in [6.45, 7) is 1.61. The molecule has 5 nitrogen and oxygen atoms in total. The highest BCUT2D eigenvalue weighted by Crippen LogP contribution is 2.24. The molecule has 138 valence electrons. The zero-order chi connectivity index (χ0) is 18.5. The number of amides is 2. The first-order valence-electron chi connectivity index (χ1n) is 8.84. The summed E-state index contributed by atoms with van der Waals surface area (Å²) in [7, 11) is 4.02. The van der Waals surface area contributed by atoms with Crippen LogP contribution in [0, 0.1) is 5.92 Å². The molecule has 1 N–H and O–H groups in total. The van der Waals surface area contributed by atoms with Crippen molar-refractivity contribution in [3.63, 3.8) is 0 Å². The summed E-state index contributed by atoms with van der Waals surface area (Å²) >= 11 is 1.69. The number of nitrogens with one attached hydrogen (secondary N) is 1. The summed E-state index contributed by atoms with van der Waals surface area (Å²) in [5.74, 6) is -0.244. The Labute approximate surface area is 158 Å². The number of carbonyl (C=O) groups excluding carboxylic acids is 2. The quantitative estimate of drug-likeness (QED) is 0.814. The first kappa shape index (κ1) is 18.6. The largest absolute Gasteiger partial charge is 0.354 e. The van der Waals surface area contributed by atoms with Gasteiger partial charge in [-0.2, -0.15) is 0 Å². The van der Waals surface area contributed by atoms with Gasteiger partial charge in [0, 0.05) is 30.9 Å². The highest BCUT2D eigenvalue weighted by Gasteiger charge is 2.34. The number of hydrogen-bond acceptors (Lipinski definition) is 4. The highest BCUT2D eigenvalue weighted by atomic mass is 32.1. The molecule has 1 saturated heterocycles. The molecule has 6 heteroatoms. The minimum Gasteiger partial charge on any atom is -0.354 e. The van der Waals surface area contributed by atoms with E-state index in [4.69, 9.17) is 0 Å². The van der Waals surface area contributed by atoms with Gasteiger partial charge < -0.3 is 15.1 Å². The van der Waals surface area contributed by atoms with Crippen molar-refractivity contribution >= 4 is 23.2 Å². The third-order valence-electron chi connectivity index (χ3n) is 4.77. The Kier molecular flexibility index (Phi) is 6.06. The summed E-state index contributed by atoms with van der Waals surface area (Å²) in [5.41, 5.74) is 1.09. The van der Waals surface area contributed by atoms with Gasteiger partial charge in [0.05, 0.1) is 12.0 Å². The molecule has 2 atom stereocenters. The molecule has 0 saturated carbocycles. The molecule has 1 aliphatic rings. The molecule has 3 rings (SSSR count). The number of carbonyl (C=O) groups is 2. The zero-order valence-electron chi connectivity index (χ0n) is 15.2. The summed E-state index contributed by atoms with van der Waals surface area (Å²) in [6, 6.07) is 14.2. The number of benzene rings is 1. The second kappa shape index (κ2) is 8.47. The van der Waals surface area contributed by atoms with Crippen molar-refractivity contribution in [2.45, 2.75) is 19.0 Å². The number of likely N-dealkylation sites (tertiary alicyclic amines) is 1. The van der Waals surface area contributed by atoms with Crippen molar-refractivity contribution in [1.29, 1.82) is 0 Å². The van der Waals surface area contributed by atoms with E-state index in [2.05, 4.69) is 16.3 Å². The van der Waals surface area contributed by atoms with Gasteiger partial charge in [0.15, 0.2) is 0 Å². The average Bonchev–Trinajstić information content (AvgIpc) is 3.26. The van der Waals surface area contributed by atoms with E-state index in [9.17, 15) is 9.59 Å². The van der Waals surface area contributed by atoms with Crippen molar-refractivity contribution in [3.8, 4) is 0 Å². The molecule has 1 aromatic heterocycles. The lowest BCUT2D eigenvalue weighted by molar-refractivity contribution is -0.129. The Morgan fingerprint density at radius 2 is 2.04 bits per heavy atom. The van der Waals surface area contributed by atoms with Gasteiger partial charge in [-0.1, -0.05) is 36.4 Å². The maximum absolute atomic E-state index is 12.6. The van der Waals surface area contributed by atoms with E-state index in [0.717, 1.165) is 5.56 Å². The van der Waals surface area contributed by atoms with E-state index in [0.29, 0.717) is 26.1 Å². The molecule has 2 unspecified atom stereocenters. The van der Waals surface area contributed by atoms with Crippen molar-refractivity contribution < 1.29 is 9.59 Å². The second-order valence-electron chi connectivity index (χ2n) is 6.90. The van der Waals surface area contributed by atoms with E-state index < -0.39 is 0 Å². The van der Waals surface area contributed by atoms with Crippen LogP contribution < -0.4 is 5.32 Å². The maximum atomic E-state index is 12.6. The molecule has 1 aliphatic heterocycles. The fourth-order valence-electron chi connectivity index (χ4n) is 3.26. The van der Waals surface area contributed by atoms with Crippen molar-refractivity contribution in [2.75, 3.05) is 27.2 Å². The summed E-state index contributed by atoms with van der Waals surface area (Å²) < 4.78 is 0. The molecule has 26 heavy (non-hydrogen) atoms. The van der Waals surface area contributed by atoms with Crippen LogP contribution in [0.15, 0.2) is 47.8 Å². The molecular formula is C20H25N3O2S. The first-order valence-corrected chi connectivity index (χ1v) is 9.72. The Balaban J connectivity index is 1.54. The Morgan fingerprint density at radius 3 is 2.69 bits per heavy atom. The predicted octanol–water partition coefficient (Wildman–Crippen LogP) is 2.52. The number of likely N-dealkylation sites (N-methyl/N-ethyl adjacent to an activating group) is 1. The van der Waals surface area contributed by atoms with Gasteiger partial charge in [0.2, 0.25) is 11.8 Å². The molecular weight excluding hydrogens is 346 g/mol. The summed E-state index contributed by atoms with van der Waals surface area (Å²) in [6.07, 6.45) is 0.296. The van der Waals surface area contributed by atoms with Crippen molar-refractivity contribution in [2.24, 2.45) is 5.92 Å². The lowest BCUT2D eigenvalue weighted by Crippen LogP contribution is -2.38. The third kappa shape index (κ3) is 4.51. The smallest absolute Gasteiger partial charge is 0.225 e. The number of rotatable bonds is 7. The molecule has 1 aromatic carbocycles. The van der Waals surface area contributed by atoms with Gasteiger partial charge in [-0.05, 0) is 31.1 Å². The van der Waals surface area contributed by atoms with Crippen LogP contribution in [0.2, 0.25) is 0 Å². The molecule has 1 fully saturated rings.